The number of carbonyl (C=O) groups is 2. The maximum absolute atomic E-state index is 13.4. The van der Waals surface area contributed by atoms with Gasteiger partial charge in [-0.05, 0) is 36.8 Å². The number of likely N-dealkylation sites (tertiary alicyclic amines) is 1. The van der Waals surface area contributed by atoms with Crippen LogP contribution in [0.1, 0.15) is 22.5 Å². The molecule has 0 radical (unpaired) electrons. The molecule has 2 fully saturated rings. The monoisotopic (exact) mass is 400 g/mol. The van der Waals surface area contributed by atoms with Crippen molar-refractivity contribution in [3.8, 4) is 0 Å². The van der Waals surface area contributed by atoms with Gasteiger partial charge in [0.2, 0.25) is 5.91 Å². The van der Waals surface area contributed by atoms with Crippen LogP contribution in [0.2, 0.25) is 0 Å². The zero-order valence-electron chi connectivity index (χ0n) is 15.9. The van der Waals surface area contributed by atoms with E-state index < -0.39 is 11.6 Å². The van der Waals surface area contributed by atoms with Crippen molar-refractivity contribution < 1.29 is 18.4 Å². The number of benzene rings is 1. The molecule has 0 N–H and O–H groups in total. The van der Waals surface area contributed by atoms with Gasteiger partial charge >= 0.3 is 0 Å². The van der Waals surface area contributed by atoms with Gasteiger partial charge in [-0.3, -0.25) is 19.5 Å². The van der Waals surface area contributed by atoms with Crippen LogP contribution in [0.4, 0.5) is 8.78 Å². The Hall–Kier alpha value is -2.87. The number of amides is 2. The Balaban J connectivity index is 1.33. The van der Waals surface area contributed by atoms with Crippen molar-refractivity contribution in [2.45, 2.75) is 19.0 Å². The van der Waals surface area contributed by atoms with Gasteiger partial charge < -0.3 is 9.80 Å². The van der Waals surface area contributed by atoms with E-state index in [1.54, 1.807) is 11.1 Å². The lowest BCUT2D eigenvalue weighted by Crippen LogP contribution is -2.53. The SMILES string of the molecule is O=C(c1ccc(F)c(F)c1)N1CCN(C2CCN(Cc3ccccn3)C2=O)CC1. The van der Waals surface area contributed by atoms with Crippen LogP contribution in [-0.2, 0) is 11.3 Å². The van der Waals surface area contributed by atoms with Gasteiger partial charge in [-0.2, -0.15) is 0 Å². The minimum Gasteiger partial charge on any atom is -0.336 e. The normalized spacial score (nSPS) is 20.3. The van der Waals surface area contributed by atoms with E-state index in [4.69, 9.17) is 0 Å². The van der Waals surface area contributed by atoms with E-state index in [0.29, 0.717) is 39.3 Å². The summed E-state index contributed by atoms with van der Waals surface area (Å²) in [4.78, 5) is 35.2. The quantitative estimate of drug-likeness (QED) is 0.787. The Morgan fingerprint density at radius 1 is 1.03 bits per heavy atom. The molecular formula is C21H22F2N4O2. The predicted molar refractivity (Wildman–Crippen MR) is 102 cm³/mol. The van der Waals surface area contributed by atoms with Crippen LogP contribution in [0.5, 0.6) is 0 Å². The molecule has 2 aliphatic heterocycles. The third-order valence-corrected chi connectivity index (χ3v) is 5.56. The van der Waals surface area contributed by atoms with Crippen LogP contribution in [0.25, 0.3) is 0 Å². The number of halogens is 2. The fourth-order valence-electron chi connectivity index (χ4n) is 3.95. The lowest BCUT2D eigenvalue weighted by Gasteiger charge is -2.37. The number of rotatable bonds is 4. The second-order valence-electron chi connectivity index (χ2n) is 7.34. The molecule has 29 heavy (non-hydrogen) atoms. The average Bonchev–Trinajstić information content (AvgIpc) is 3.10. The van der Waals surface area contributed by atoms with Gasteiger partial charge in [0.15, 0.2) is 11.6 Å². The molecule has 2 aromatic rings. The van der Waals surface area contributed by atoms with Crippen LogP contribution in [0.3, 0.4) is 0 Å². The topological polar surface area (TPSA) is 56.8 Å². The Morgan fingerprint density at radius 3 is 2.52 bits per heavy atom. The number of hydrogen-bond donors (Lipinski definition) is 0. The number of aromatic nitrogens is 1. The summed E-state index contributed by atoms with van der Waals surface area (Å²) in [7, 11) is 0. The maximum atomic E-state index is 13.4. The first-order chi connectivity index (χ1) is 14.0. The van der Waals surface area contributed by atoms with Gasteiger partial charge in [0.1, 0.15) is 0 Å². The average molecular weight is 400 g/mol. The molecule has 2 saturated heterocycles. The van der Waals surface area contributed by atoms with Gasteiger partial charge in [-0.25, -0.2) is 8.78 Å². The van der Waals surface area contributed by atoms with E-state index in [1.807, 2.05) is 23.1 Å². The van der Waals surface area contributed by atoms with Crippen LogP contribution in [-0.4, -0.2) is 70.3 Å². The summed E-state index contributed by atoms with van der Waals surface area (Å²) in [6.07, 6.45) is 2.47. The minimum absolute atomic E-state index is 0.0936. The molecular weight excluding hydrogens is 378 g/mol. The molecule has 4 rings (SSSR count). The van der Waals surface area contributed by atoms with Gasteiger partial charge in [0.05, 0.1) is 18.3 Å². The second-order valence-corrected chi connectivity index (χ2v) is 7.34. The van der Waals surface area contributed by atoms with E-state index in [0.717, 1.165) is 24.2 Å². The molecule has 2 aliphatic rings. The van der Waals surface area contributed by atoms with E-state index in [9.17, 15) is 18.4 Å². The number of nitrogens with zero attached hydrogens (tertiary/aromatic N) is 4. The molecule has 1 aromatic carbocycles. The molecule has 0 bridgehead atoms. The zero-order chi connectivity index (χ0) is 20.4. The third-order valence-electron chi connectivity index (χ3n) is 5.56. The van der Waals surface area contributed by atoms with Crippen molar-refractivity contribution in [3.05, 3.63) is 65.5 Å². The molecule has 0 aliphatic carbocycles. The van der Waals surface area contributed by atoms with E-state index >= 15 is 0 Å². The van der Waals surface area contributed by atoms with Crippen molar-refractivity contribution in [2.24, 2.45) is 0 Å². The smallest absolute Gasteiger partial charge is 0.254 e. The first kappa shape index (κ1) is 19.4. The summed E-state index contributed by atoms with van der Waals surface area (Å²) in [6, 6.07) is 8.67. The first-order valence-corrected chi connectivity index (χ1v) is 9.70. The maximum Gasteiger partial charge on any atom is 0.254 e. The number of piperazine rings is 1. The minimum atomic E-state index is -1.03. The summed E-state index contributed by atoms with van der Waals surface area (Å²) >= 11 is 0. The second kappa shape index (κ2) is 8.24. The highest BCUT2D eigenvalue weighted by Gasteiger charge is 2.37. The number of carbonyl (C=O) groups excluding carboxylic acids is 2. The largest absolute Gasteiger partial charge is 0.336 e. The Bertz CT molecular complexity index is 901. The molecule has 0 saturated carbocycles. The third kappa shape index (κ3) is 4.12. The highest BCUT2D eigenvalue weighted by Crippen LogP contribution is 2.21. The Kier molecular flexibility index (Phi) is 5.53. The van der Waals surface area contributed by atoms with Crippen LogP contribution < -0.4 is 0 Å². The van der Waals surface area contributed by atoms with Crippen molar-refractivity contribution in [1.29, 1.82) is 0 Å². The molecule has 6 nitrogen and oxygen atoms in total. The lowest BCUT2D eigenvalue weighted by molar-refractivity contribution is -0.133. The van der Waals surface area contributed by atoms with Crippen LogP contribution in [0.15, 0.2) is 42.6 Å². The lowest BCUT2D eigenvalue weighted by atomic mass is 10.1. The summed E-state index contributed by atoms with van der Waals surface area (Å²) in [5.41, 5.74) is 0.999. The highest BCUT2D eigenvalue weighted by atomic mass is 19.2. The van der Waals surface area contributed by atoms with Crippen LogP contribution in [0, 0.1) is 11.6 Å². The molecule has 0 spiro atoms. The first-order valence-electron chi connectivity index (χ1n) is 9.70. The molecule has 2 amide bonds. The number of hydrogen-bond acceptors (Lipinski definition) is 4. The Labute approximate surface area is 167 Å². The van der Waals surface area contributed by atoms with E-state index in [1.165, 1.54) is 6.07 Å². The molecule has 8 heteroatoms. The molecule has 1 unspecified atom stereocenters. The van der Waals surface area contributed by atoms with E-state index in [-0.39, 0.29) is 23.4 Å². The Morgan fingerprint density at radius 2 is 1.83 bits per heavy atom. The molecule has 152 valence electrons. The summed E-state index contributed by atoms with van der Waals surface area (Å²) in [6.45, 7) is 3.23. The van der Waals surface area contributed by atoms with Crippen molar-refractivity contribution in [3.63, 3.8) is 0 Å². The molecule has 1 aromatic heterocycles. The summed E-state index contributed by atoms with van der Waals surface area (Å²) in [5, 5.41) is 0. The summed E-state index contributed by atoms with van der Waals surface area (Å²) in [5.74, 6) is -2.23. The van der Waals surface area contributed by atoms with Crippen molar-refractivity contribution >= 4 is 11.8 Å². The van der Waals surface area contributed by atoms with Gasteiger partial charge in [0, 0.05) is 44.5 Å². The zero-order valence-corrected chi connectivity index (χ0v) is 15.9. The predicted octanol–water partition coefficient (Wildman–Crippen LogP) is 1.92. The van der Waals surface area contributed by atoms with Gasteiger partial charge in [-0.15, -0.1) is 0 Å². The highest BCUT2D eigenvalue weighted by molar-refractivity contribution is 5.94. The molecule has 3 heterocycles. The van der Waals surface area contributed by atoms with E-state index in [2.05, 4.69) is 9.88 Å². The molecule has 1 atom stereocenters. The number of pyridine rings is 1. The standard InChI is InChI=1S/C21H22F2N4O2/c22-17-5-4-15(13-18(17)23)20(28)26-11-9-25(10-12-26)19-6-8-27(21(19)29)14-16-3-1-2-7-24-16/h1-5,7,13,19H,6,8-12,14H2. The van der Waals surface area contributed by atoms with Crippen molar-refractivity contribution in [2.75, 3.05) is 32.7 Å². The summed E-state index contributed by atoms with van der Waals surface area (Å²) < 4.78 is 26.5. The fourth-order valence-corrected chi connectivity index (χ4v) is 3.95. The van der Waals surface area contributed by atoms with Gasteiger partial charge in [-0.1, -0.05) is 6.07 Å². The van der Waals surface area contributed by atoms with Crippen molar-refractivity contribution in [1.82, 2.24) is 19.7 Å². The van der Waals surface area contributed by atoms with Crippen LogP contribution >= 0.6 is 0 Å². The van der Waals surface area contributed by atoms with Gasteiger partial charge in [0.25, 0.3) is 5.91 Å². The fraction of sp³-hybridized carbons (Fsp3) is 0.381.